The van der Waals surface area contributed by atoms with Gasteiger partial charge in [-0.1, -0.05) is 36.4 Å². The van der Waals surface area contributed by atoms with Crippen LogP contribution in [0.5, 0.6) is 0 Å². The standard InChI is InChI=1S/C27H26N10O/c28-22-23(17-10-18-7-8-19(11-17)36(18)27(38)25-31-14-32-35-25)34-26-20(13-33-37(26)24(22)29)16-6-9-21(30-12-16)15-4-2-1-3-5-15/h1-6,9,12-14,17-19H,7-8,10-11,28-29H2,(H,31,32,35)/t17?,18-,19+. The molecule has 11 nitrogen and oxygen atoms in total. The van der Waals surface area contributed by atoms with Crippen LogP contribution in [0.2, 0.25) is 0 Å². The van der Waals surface area contributed by atoms with Crippen LogP contribution in [0.1, 0.15) is 47.9 Å². The molecule has 2 aliphatic rings. The largest absolute Gasteiger partial charge is 0.394 e. The van der Waals surface area contributed by atoms with E-state index in [1.54, 1.807) is 10.7 Å². The first-order chi connectivity index (χ1) is 18.6. The van der Waals surface area contributed by atoms with Crippen molar-refractivity contribution < 1.29 is 4.79 Å². The van der Waals surface area contributed by atoms with Gasteiger partial charge in [-0.2, -0.15) is 14.7 Å². The van der Waals surface area contributed by atoms with Crippen molar-refractivity contribution in [1.82, 2.24) is 39.7 Å². The lowest BCUT2D eigenvalue weighted by molar-refractivity contribution is 0.0558. The van der Waals surface area contributed by atoms with E-state index < -0.39 is 0 Å². The minimum absolute atomic E-state index is 0.0832. The number of anilines is 2. The summed E-state index contributed by atoms with van der Waals surface area (Å²) in [6, 6.07) is 14.2. The summed E-state index contributed by atoms with van der Waals surface area (Å²) in [7, 11) is 0. The number of amides is 1. The zero-order valence-electron chi connectivity index (χ0n) is 20.5. The van der Waals surface area contributed by atoms with E-state index in [1.807, 2.05) is 53.6 Å². The number of hydrogen-bond donors (Lipinski definition) is 3. The van der Waals surface area contributed by atoms with Gasteiger partial charge in [0.25, 0.3) is 5.91 Å². The molecular formula is C27H26N10O. The molecule has 5 N–H and O–H groups in total. The predicted octanol–water partition coefficient (Wildman–Crippen LogP) is 3.29. The molecule has 38 heavy (non-hydrogen) atoms. The Morgan fingerprint density at radius 3 is 2.42 bits per heavy atom. The Morgan fingerprint density at radius 2 is 1.74 bits per heavy atom. The molecule has 2 saturated heterocycles. The molecule has 0 radical (unpaired) electrons. The number of hydrogen-bond acceptors (Lipinski definition) is 8. The maximum Gasteiger partial charge on any atom is 0.291 e. The SMILES string of the molecule is Nc1c(C2C[C@H]3CC[C@@H](C2)N3C(=O)c2ncn[nH]2)nc2c(-c3ccc(-c4ccccc4)nc3)cnn2c1N. The number of pyridine rings is 1. The number of rotatable bonds is 4. The maximum atomic E-state index is 13.1. The molecule has 0 spiro atoms. The monoisotopic (exact) mass is 506 g/mol. The lowest BCUT2D eigenvalue weighted by Crippen LogP contribution is -2.46. The lowest BCUT2D eigenvalue weighted by Gasteiger charge is -2.38. The molecule has 4 aromatic heterocycles. The van der Waals surface area contributed by atoms with E-state index in [1.165, 1.54) is 6.33 Å². The summed E-state index contributed by atoms with van der Waals surface area (Å²) < 4.78 is 1.59. The van der Waals surface area contributed by atoms with Gasteiger partial charge in [0.05, 0.1) is 23.3 Å². The molecule has 6 heterocycles. The molecule has 11 heteroatoms. The maximum absolute atomic E-state index is 13.1. The van der Waals surface area contributed by atoms with E-state index in [4.69, 9.17) is 16.5 Å². The fourth-order valence-corrected chi connectivity index (χ4v) is 6.06. The van der Waals surface area contributed by atoms with Crippen LogP contribution in [0.15, 0.2) is 61.2 Å². The second kappa shape index (κ2) is 8.65. The summed E-state index contributed by atoms with van der Waals surface area (Å²) in [5.41, 5.74) is 18.6. The van der Waals surface area contributed by atoms with Crippen LogP contribution in [0.25, 0.3) is 28.0 Å². The fraction of sp³-hybridized carbons (Fsp3) is 0.259. The summed E-state index contributed by atoms with van der Waals surface area (Å²) in [5, 5.41) is 11.0. The molecule has 0 aliphatic carbocycles. The third-order valence-electron chi connectivity index (χ3n) is 7.87. The van der Waals surface area contributed by atoms with Crippen LogP contribution in [0.4, 0.5) is 11.5 Å². The van der Waals surface area contributed by atoms with Crippen molar-refractivity contribution >= 4 is 23.1 Å². The van der Waals surface area contributed by atoms with Crippen molar-refractivity contribution in [3.05, 3.63) is 72.7 Å². The van der Waals surface area contributed by atoms with Crippen LogP contribution in [-0.4, -0.2) is 57.7 Å². The molecular weight excluding hydrogens is 480 g/mol. The van der Waals surface area contributed by atoms with Gasteiger partial charge < -0.3 is 16.4 Å². The molecule has 1 unspecified atom stereocenters. The number of aromatic nitrogens is 7. The smallest absolute Gasteiger partial charge is 0.291 e. The van der Waals surface area contributed by atoms with Gasteiger partial charge in [0, 0.05) is 40.9 Å². The highest BCUT2D eigenvalue weighted by Crippen LogP contribution is 2.45. The summed E-state index contributed by atoms with van der Waals surface area (Å²) in [6.45, 7) is 0. The normalized spacial score (nSPS) is 20.7. The Balaban J connectivity index is 1.22. The highest BCUT2D eigenvalue weighted by atomic mass is 16.2. The highest BCUT2D eigenvalue weighted by Gasteiger charge is 2.45. The first kappa shape index (κ1) is 22.4. The second-order valence-electron chi connectivity index (χ2n) is 9.99. The van der Waals surface area contributed by atoms with E-state index in [2.05, 4.69) is 25.3 Å². The number of benzene rings is 1. The number of aromatic amines is 1. The van der Waals surface area contributed by atoms with Gasteiger partial charge >= 0.3 is 0 Å². The zero-order chi connectivity index (χ0) is 25.8. The van der Waals surface area contributed by atoms with Gasteiger partial charge in [-0.3, -0.25) is 14.9 Å². The van der Waals surface area contributed by atoms with Crippen LogP contribution in [0.3, 0.4) is 0 Å². The van der Waals surface area contributed by atoms with E-state index >= 15 is 0 Å². The molecule has 3 atom stereocenters. The van der Waals surface area contributed by atoms with E-state index in [0.29, 0.717) is 17.2 Å². The van der Waals surface area contributed by atoms with Crippen molar-refractivity contribution in [2.24, 2.45) is 0 Å². The average Bonchev–Trinajstić information content (AvgIpc) is 3.69. The van der Waals surface area contributed by atoms with Gasteiger partial charge in [0.1, 0.15) is 6.33 Å². The Kier molecular flexibility index (Phi) is 5.10. The Morgan fingerprint density at radius 1 is 0.947 bits per heavy atom. The number of carbonyl (C=O) groups is 1. The van der Waals surface area contributed by atoms with Gasteiger partial charge in [0.2, 0.25) is 5.82 Å². The minimum atomic E-state index is -0.103. The second-order valence-corrected chi connectivity index (χ2v) is 9.99. The Hall–Kier alpha value is -4.80. The Labute approximate surface area is 217 Å². The van der Waals surface area contributed by atoms with Gasteiger partial charge in [-0.15, -0.1) is 0 Å². The quantitative estimate of drug-likeness (QED) is 0.335. The summed E-state index contributed by atoms with van der Waals surface area (Å²) in [6.07, 6.45) is 8.36. The number of nitrogens with two attached hydrogens (primary N) is 2. The fourth-order valence-electron chi connectivity index (χ4n) is 6.06. The molecule has 190 valence electrons. The van der Waals surface area contributed by atoms with Crippen LogP contribution < -0.4 is 11.5 Å². The van der Waals surface area contributed by atoms with E-state index in [0.717, 1.165) is 53.8 Å². The van der Waals surface area contributed by atoms with Crippen LogP contribution >= 0.6 is 0 Å². The number of piperidine rings is 1. The number of carbonyl (C=O) groups excluding carboxylic acids is 1. The van der Waals surface area contributed by atoms with Gasteiger partial charge in [0.15, 0.2) is 11.5 Å². The van der Waals surface area contributed by atoms with Crippen LogP contribution in [0, 0.1) is 0 Å². The topological polar surface area (TPSA) is 157 Å². The van der Waals surface area contributed by atoms with Crippen molar-refractivity contribution in [3.8, 4) is 22.4 Å². The summed E-state index contributed by atoms with van der Waals surface area (Å²) in [5.74, 6) is 0.630. The summed E-state index contributed by atoms with van der Waals surface area (Å²) >= 11 is 0. The predicted molar refractivity (Wildman–Crippen MR) is 142 cm³/mol. The average molecular weight is 507 g/mol. The molecule has 1 amide bonds. The molecule has 0 saturated carbocycles. The minimum Gasteiger partial charge on any atom is -0.394 e. The van der Waals surface area contributed by atoms with Crippen molar-refractivity contribution in [1.29, 1.82) is 0 Å². The molecule has 2 fully saturated rings. The van der Waals surface area contributed by atoms with Gasteiger partial charge in [-0.05, 0) is 31.7 Å². The number of fused-ring (bicyclic) bond motifs is 3. The zero-order valence-corrected chi connectivity index (χ0v) is 20.5. The number of H-pyrrole nitrogens is 1. The molecule has 2 aliphatic heterocycles. The van der Waals surface area contributed by atoms with E-state index in [-0.39, 0.29) is 29.7 Å². The van der Waals surface area contributed by atoms with Crippen molar-refractivity contribution in [2.75, 3.05) is 11.5 Å². The molecule has 2 bridgehead atoms. The Bertz CT molecular complexity index is 1610. The van der Waals surface area contributed by atoms with E-state index in [9.17, 15) is 4.79 Å². The lowest BCUT2D eigenvalue weighted by atomic mass is 9.87. The number of nitrogen functional groups attached to an aromatic ring is 2. The number of nitrogens with one attached hydrogen (secondary N) is 1. The van der Waals surface area contributed by atoms with Crippen molar-refractivity contribution in [3.63, 3.8) is 0 Å². The molecule has 1 aromatic carbocycles. The highest BCUT2D eigenvalue weighted by molar-refractivity contribution is 5.91. The first-order valence-corrected chi connectivity index (χ1v) is 12.7. The van der Waals surface area contributed by atoms with Gasteiger partial charge in [-0.25, -0.2) is 9.97 Å². The third kappa shape index (κ3) is 3.50. The molecule has 7 rings (SSSR count). The number of nitrogens with zero attached hydrogens (tertiary/aromatic N) is 7. The summed E-state index contributed by atoms with van der Waals surface area (Å²) in [4.78, 5) is 28.8. The first-order valence-electron chi connectivity index (χ1n) is 12.7. The van der Waals surface area contributed by atoms with Crippen LogP contribution in [-0.2, 0) is 0 Å². The van der Waals surface area contributed by atoms with Crippen molar-refractivity contribution in [2.45, 2.75) is 43.7 Å². The molecule has 5 aromatic rings. The third-order valence-corrected chi connectivity index (χ3v) is 7.87.